The third-order valence-electron chi connectivity index (χ3n) is 6.45. The average Bonchev–Trinajstić information content (AvgIpc) is 2.82. The van der Waals surface area contributed by atoms with E-state index >= 15 is 0 Å². The molecule has 0 saturated heterocycles. The van der Waals surface area contributed by atoms with Crippen LogP contribution in [0.5, 0.6) is 11.5 Å². The lowest BCUT2D eigenvalue weighted by Crippen LogP contribution is -2.37. The van der Waals surface area contributed by atoms with Gasteiger partial charge in [0.15, 0.2) is 17.3 Å². The lowest BCUT2D eigenvalue weighted by Gasteiger charge is -2.36. The molecule has 172 valence electrons. The van der Waals surface area contributed by atoms with Crippen molar-refractivity contribution in [1.29, 1.82) is 0 Å². The van der Waals surface area contributed by atoms with Crippen LogP contribution in [-0.2, 0) is 14.3 Å². The molecule has 0 fully saturated rings. The Bertz CT molecular complexity index is 1150. The van der Waals surface area contributed by atoms with Crippen LogP contribution in [0.25, 0.3) is 0 Å². The van der Waals surface area contributed by atoms with E-state index < -0.39 is 11.8 Å². The number of nitrogens with zero attached hydrogens (tertiary/aromatic N) is 1. The van der Waals surface area contributed by atoms with E-state index in [9.17, 15) is 9.59 Å². The topological polar surface area (TPSA) is 74.2 Å². The Hall–Kier alpha value is -2.93. The molecular formula is C26H26BrNO5. The fraction of sp³-hybridized carbons (Fsp3) is 0.346. The first-order valence-electron chi connectivity index (χ1n) is 10.7. The third-order valence-corrected chi connectivity index (χ3v) is 6.98. The Labute approximate surface area is 201 Å². The molecule has 1 aliphatic carbocycles. The molecule has 0 spiro atoms. The number of esters is 1. The van der Waals surface area contributed by atoms with Gasteiger partial charge in [-0.15, -0.1) is 0 Å². The number of hydrogen-bond acceptors (Lipinski definition) is 6. The van der Waals surface area contributed by atoms with Gasteiger partial charge in [-0.05, 0) is 54.7 Å². The molecule has 0 radical (unpaired) electrons. The number of carbonyl (C=O) groups is 2. The molecule has 2 aromatic carbocycles. The fourth-order valence-electron chi connectivity index (χ4n) is 4.86. The number of halogens is 1. The molecule has 33 heavy (non-hydrogen) atoms. The minimum absolute atomic E-state index is 0.00843. The average molecular weight is 512 g/mol. The van der Waals surface area contributed by atoms with E-state index in [4.69, 9.17) is 19.2 Å². The first-order valence-corrected chi connectivity index (χ1v) is 11.5. The quantitative estimate of drug-likeness (QED) is 0.514. The molecule has 0 bridgehead atoms. The molecular weight excluding hydrogens is 486 g/mol. The first-order chi connectivity index (χ1) is 15.9. The fourth-order valence-corrected chi connectivity index (χ4v) is 5.13. The van der Waals surface area contributed by atoms with E-state index in [1.54, 1.807) is 14.2 Å². The van der Waals surface area contributed by atoms with E-state index in [0.717, 1.165) is 21.3 Å². The van der Waals surface area contributed by atoms with Gasteiger partial charge in [0.1, 0.15) is 5.92 Å². The maximum atomic E-state index is 13.6. The number of ether oxygens (including phenoxy) is 3. The van der Waals surface area contributed by atoms with E-state index in [1.165, 1.54) is 7.11 Å². The summed E-state index contributed by atoms with van der Waals surface area (Å²) in [7, 11) is 4.56. The first kappa shape index (κ1) is 23.2. The lowest BCUT2D eigenvalue weighted by atomic mass is 9.69. The molecule has 2 aliphatic rings. The monoisotopic (exact) mass is 511 g/mol. The Morgan fingerprint density at radius 1 is 0.970 bits per heavy atom. The van der Waals surface area contributed by atoms with Crippen LogP contribution in [0.3, 0.4) is 0 Å². The molecule has 6 nitrogen and oxygen atoms in total. The summed E-state index contributed by atoms with van der Waals surface area (Å²) in [5, 5.41) is 0. The Balaban J connectivity index is 1.78. The third kappa shape index (κ3) is 4.34. The zero-order valence-electron chi connectivity index (χ0n) is 19.1. The van der Waals surface area contributed by atoms with Crippen molar-refractivity contribution >= 4 is 33.4 Å². The van der Waals surface area contributed by atoms with Crippen LogP contribution in [0.15, 0.2) is 63.2 Å². The summed E-state index contributed by atoms with van der Waals surface area (Å²) in [4.78, 5) is 31.1. The molecule has 0 saturated carbocycles. The van der Waals surface area contributed by atoms with Gasteiger partial charge >= 0.3 is 5.97 Å². The van der Waals surface area contributed by atoms with Crippen molar-refractivity contribution in [2.24, 2.45) is 10.9 Å². The number of allylic oxidation sites excluding steroid dienone is 2. The molecule has 3 atom stereocenters. The van der Waals surface area contributed by atoms with Crippen LogP contribution in [0.1, 0.15) is 42.7 Å². The van der Waals surface area contributed by atoms with Crippen LogP contribution in [0, 0.1) is 5.92 Å². The van der Waals surface area contributed by atoms with Crippen molar-refractivity contribution in [2.75, 3.05) is 21.3 Å². The van der Waals surface area contributed by atoms with Crippen LogP contribution >= 0.6 is 15.9 Å². The largest absolute Gasteiger partial charge is 0.493 e. The highest BCUT2D eigenvalue weighted by Crippen LogP contribution is 2.47. The minimum Gasteiger partial charge on any atom is -0.493 e. The summed E-state index contributed by atoms with van der Waals surface area (Å²) in [6.07, 6.45) is 0.943. The van der Waals surface area contributed by atoms with Crippen molar-refractivity contribution in [1.82, 2.24) is 0 Å². The van der Waals surface area contributed by atoms with Crippen LogP contribution in [0.2, 0.25) is 0 Å². The summed E-state index contributed by atoms with van der Waals surface area (Å²) in [5.41, 5.74) is 3.92. The maximum Gasteiger partial charge on any atom is 0.315 e. The van der Waals surface area contributed by atoms with Gasteiger partial charge in [-0.1, -0.05) is 34.1 Å². The van der Waals surface area contributed by atoms with E-state index in [1.807, 2.05) is 49.4 Å². The van der Waals surface area contributed by atoms with Gasteiger partial charge in [0.2, 0.25) is 0 Å². The second-order valence-electron chi connectivity index (χ2n) is 8.29. The highest BCUT2D eigenvalue weighted by molar-refractivity contribution is 9.10. The number of Topliss-reactive ketones (excluding diaryl/α,β-unsaturated/α-hetero) is 1. The summed E-state index contributed by atoms with van der Waals surface area (Å²) in [6, 6.07) is 13.5. The SMILES string of the molecule is COC(=O)C1C(C)=NC2=C(C(=O)C[C@@H](c3ccc(OC)c(OC)c3)C2)[C@@H]1c1ccc(Br)cc1. The van der Waals surface area contributed by atoms with Crippen molar-refractivity contribution in [3.63, 3.8) is 0 Å². The molecule has 2 aromatic rings. The smallest absolute Gasteiger partial charge is 0.315 e. The van der Waals surface area contributed by atoms with Gasteiger partial charge in [0.25, 0.3) is 0 Å². The van der Waals surface area contributed by atoms with E-state index in [2.05, 4.69) is 15.9 Å². The summed E-state index contributed by atoms with van der Waals surface area (Å²) in [5.74, 6) is -0.184. The van der Waals surface area contributed by atoms with E-state index in [0.29, 0.717) is 35.6 Å². The van der Waals surface area contributed by atoms with Gasteiger partial charge in [0, 0.05) is 33.8 Å². The molecule has 0 N–H and O–H groups in total. The standard InChI is InChI=1S/C26H26BrNO5/c1-14-23(26(30)33-4)24(15-5-8-18(27)9-6-15)25-19(28-14)11-17(12-20(25)29)16-7-10-21(31-2)22(13-16)32-3/h5-10,13,17,23-24H,11-12H2,1-4H3/t17-,23?,24+/m0/s1. The van der Waals surface area contributed by atoms with Crippen LogP contribution in [-0.4, -0.2) is 38.8 Å². The Kier molecular flexibility index (Phi) is 6.70. The van der Waals surface area contributed by atoms with Crippen LogP contribution < -0.4 is 9.47 Å². The lowest BCUT2D eigenvalue weighted by molar-refractivity contribution is -0.143. The minimum atomic E-state index is -0.628. The molecule has 0 amide bonds. The predicted molar refractivity (Wildman–Crippen MR) is 129 cm³/mol. The number of rotatable bonds is 5. The van der Waals surface area contributed by atoms with Gasteiger partial charge in [-0.2, -0.15) is 0 Å². The van der Waals surface area contributed by atoms with Crippen molar-refractivity contribution < 1.29 is 23.8 Å². The molecule has 1 unspecified atom stereocenters. The zero-order valence-corrected chi connectivity index (χ0v) is 20.6. The second kappa shape index (κ2) is 9.51. The van der Waals surface area contributed by atoms with Gasteiger partial charge in [-0.3, -0.25) is 14.6 Å². The second-order valence-corrected chi connectivity index (χ2v) is 9.20. The van der Waals surface area contributed by atoms with Gasteiger partial charge in [0.05, 0.1) is 21.3 Å². The molecule has 7 heteroatoms. The Morgan fingerprint density at radius 3 is 2.27 bits per heavy atom. The molecule has 1 heterocycles. The van der Waals surface area contributed by atoms with E-state index in [-0.39, 0.29) is 17.7 Å². The predicted octanol–water partition coefficient (Wildman–Crippen LogP) is 5.21. The highest BCUT2D eigenvalue weighted by Gasteiger charge is 2.44. The molecule has 4 rings (SSSR count). The molecule has 1 aliphatic heterocycles. The van der Waals surface area contributed by atoms with Crippen molar-refractivity contribution in [2.45, 2.75) is 31.6 Å². The number of aliphatic imine (C=N–C) groups is 1. The number of ketones is 1. The maximum absolute atomic E-state index is 13.6. The van der Waals surface area contributed by atoms with Crippen LogP contribution in [0.4, 0.5) is 0 Å². The zero-order chi connectivity index (χ0) is 23.7. The number of benzene rings is 2. The Morgan fingerprint density at radius 2 is 1.64 bits per heavy atom. The van der Waals surface area contributed by atoms with Crippen molar-refractivity contribution in [3.8, 4) is 11.5 Å². The number of carbonyl (C=O) groups excluding carboxylic acids is 2. The van der Waals surface area contributed by atoms with Gasteiger partial charge < -0.3 is 14.2 Å². The highest BCUT2D eigenvalue weighted by atomic mass is 79.9. The summed E-state index contributed by atoms with van der Waals surface area (Å²) < 4.78 is 16.8. The summed E-state index contributed by atoms with van der Waals surface area (Å²) in [6.45, 7) is 1.84. The number of hydrogen-bond donors (Lipinski definition) is 0. The van der Waals surface area contributed by atoms with Crippen molar-refractivity contribution in [3.05, 3.63) is 69.3 Å². The number of methoxy groups -OCH3 is 3. The normalized spacial score (nSPS) is 22.4. The van der Waals surface area contributed by atoms with Gasteiger partial charge in [-0.25, -0.2) is 0 Å². The molecule has 0 aromatic heterocycles. The summed E-state index contributed by atoms with van der Waals surface area (Å²) >= 11 is 3.46.